The second kappa shape index (κ2) is 12.2. The molecule has 0 unspecified atom stereocenters. The highest BCUT2D eigenvalue weighted by Crippen LogP contribution is 2.35. The number of hydrogen-bond donors (Lipinski definition) is 1. The molecule has 1 saturated heterocycles. The number of halogens is 2. The molecule has 190 valence electrons. The molecule has 1 aliphatic heterocycles. The first-order chi connectivity index (χ1) is 17.8. The summed E-state index contributed by atoms with van der Waals surface area (Å²) >= 11 is 13.0. The number of benzene rings is 3. The van der Waals surface area contributed by atoms with E-state index in [0.29, 0.717) is 39.4 Å². The molecule has 1 aliphatic rings. The fraction of sp³-hybridized carbons (Fsp3) is 0.148. The van der Waals surface area contributed by atoms with E-state index in [1.54, 1.807) is 66.7 Å². The van der Waals surface area contributed by atoms with Gasteiger partial charge in [-0.1, -0.05) is 53.5 Å². The van der Waals surface area contributed by atoms with E-state index in [1.807, 2.05) is 13.0 Å². The summed E-state index contributed by atoms with van der Waals surface area (Å²) in [5, 5.41) is 3.20. The summed E-state index contributed by atoms with van der Waals surface area (Å²) in [5.74, 6) is -0.0249. The third kappa shape index (κ3) is 6.85. The van der Waals surface area contributed by atoms with Crippen molar-refractivity contribution in [3.8, 4) is 11.5 Å². The van der Waals surface area contributed by atoms with Crippen molar-refractivity contribution in [3.63, 3.8) is 0 Å². The molecule has 0 atom stereocenters. The highest BCUT2D eigenvalue weighted by atomic mass is 35.5. The van der Waals surface area contributed by atoms with E-state index in [9.17, 15) is 14.4 Å². The number of imide groups is 1. The zero-order chi connectivity index (χ0) is 26.4. The molecule has 1 heterocycles. The molecule has 3 aromatic rings. The van der Waals surface area contributed by atoms with Crippen molar-refractivity contribution < 1.29 is 23.9 Å². The number of carbonyl (C=O) groups is 3. The Morgan fingerprint density at radius 1 is 1.00 bits per heavy atom. The first-order valence-corrected chi connectivity index (χ1v) is 12.8. The fourth-order valence-corrected chi connectivity index (χ4v) is 4.75. The van der Waals surface area contributed by atoms with Gasteiger partial charge in [-0.15, -0.1) is 0 Å². The van der Waals surface area contributed by atoms with Gasteiger partial charge < -0.3 is 14.8 Å². The molecule has 37 heavy (non-hydrogen) atoms. The van der Waals surface area contributed by atoms with Gasteiger partial charge in [0.15, 0.2) is 11.5 Å². The van der Waals surface area contributed by atoms with Crippen molar-refractivity contribution in [1.82, 2.24) is 4.90 Å². The molecule has 1 N–H and O–H groups in total. The van der Waals surface area contributed by atoms with Gasteiger partial charge in [-0.05, 0) is 66.7 Å². The predicted octanol–water partition coefficient (Wildman–Crippen LogP) is 6.65. The lowest BCUT2D eigenvalue weighted by molar-refractivity contribution is -0.127. The molecule has 0 aliphatic carbocycles. The fourth-order valence-electron chi connectivity index (χ4n) is 3.45. The minimum Gasteiger partial charge on any atom is -0.490 e. The van der Waals surface area contributed by atoms with Gasteiger partial charge in [0.1, 0.15) is 13.2 Å². The van der Waals surface area contributed by atoms with Gasteiger partial charge in [0.05, 0.1) is 11.5 Å². The first kappa shape index (κ1) is 26.6. The van der Waals surface area contributed by atoms with E-state index >= 15 is 0 Å². The Morgan fingerprint density at radius 3 is 2.51 bits per heavy atom. The first-order valence-electron chi connectivity index (χ1n) is 11.3. The van der Waals surface area contributed by atoms with Crippen LogP contribution in [0.3, 0.4) is 0 Å². The topological polar surface area (TPSA) is 84.9 Å². The van der Waals surface area contributed by atoms with E-state index in [2.05, 4.69) is 5.32 Å². The summed E-state index contributed by atoms with van der Waals surface area (Å²) < 4.78 is 11.6. The standard InChI is InChI=1S/C27H22Cl2N2O5S/c1-2-35-23-12-17(8-11-22(23)36-16-18-9-10-19(28)14-21(18)29)13-24-26(33)31(27(34)37-24)15-25(32)30-20-6-4-3-5-7-20/h3-14H,2,15-16H2,1H3,(H,30,32)/b24-13-. The predicted molar refractivity (Wildman–Crippen MR) is 146 cm³/mol. The molecule has 7 nitrogen and oxygen atoms in total. The molecular weight excluding hydrogens is 535 g/mol. The molecule has 0 bridgehead atoms. The van der Waals surface area contributed by atoms with Crippen LogP contribution >= 0.6 is 35.0 Å². The number of thioether (sulfide) groups is 1. The van der Waals surface area contributed by atoms with Crippen molar-refractivity contribution >= 4 is 63.8 Å². The average molecular weight is 557 g/mol. The van der Waals surface area contributed by atoms with Crippen molar-refractivity contribution in [2.75, 3.05) is 18.5 Å². The maximum Gasteiger partial charge on any atom is 0.294 e. The zero-order valence-electron chi connectivity index (χ0n) is 19.7. The van der Waals surface area contributed by atoms with Crippen LogP contribution in [0.5, 0.6) is 11.5 Å². The van der Waals surface area contributed by atoms with Gasteiger partial charge in [-0.3, -0.25) is 19.3 Å². The minimum atomic E-state index is -0.533. The van der Waals surface area contributed by atoms with Gasteiger partial charge in [-0.2, -0.15) is 0 Å². The number of nitrogens with zero attached hydrogens (tertiary/aromatic N) is 1. The maximum atomic E-state index is 12.9. The van der Waals surface area contributed by atoms with Gasteiger partial charge in [0.25, 0.3) is 11.1 Å². The van der Waals surface area contributed by atoms with Crippen LogP contribution in [0.15, 0.2) is 71.6 Å². The van der Waals surface area contributed by atoms with Crippen molar-refractivity contribution in [1.29, 1.82) is 0 Å². The van der Waals surface area contributed by atoms with Gasteiger partial charge in [0.2, 0.25) is 5.91 Å². The summed E-state index contributed by atoms with van der Waals surface area (Å²) in [6.07, 6.45) is 1.59. The smallest absolute Gasteiger partial charge is 0.294 e. The molecule has 0 aromatic heterocycles. The molecular formula is C27H22Cl2N2O5S. The average Bonchev–Trinajstić information content (AvgIpc) is 3.12. The number of carbonyl (C=O) groups excluding carboxylic acids is 3. The Balaban J connectivity index is 1.46. The molecule has 4 rings (SSSR count). The van der Waals surface area contributed by atoms with E-state index in [-0.39, 0.29) is 18.1 Å². The summed E-state index contributed by atoms with van der Waals surface area (Å²) in [6, 6.07) is 19.2. The Kier molecular flexibility index (Phi) is 8.76. The van der Waals surface area contributed by atoms with E-state index in [0.717, 1.165) is 22.2 Å². The number of ether oxygens (including phenoxy) is 2. The van der Waals surface area contributed by atoms with Gasteiger partial charge in [0, 0.05) is 21.3 Å². The highest BCUT2D eigenvalue weighted by molar-refractivity contribution is 8.18. The Bertz CT molecular complexity index is 1360. The number of rotatable bonds is 9. The maximum absolute atomic E-state index is 12.9. The van der Waals surface area contributed by atoms with Crippen LogP contribution in [0.4, 0.5) is 10.5 Å². The lowest BCUT2D eigenvalue weighted by Crippen LogP contribution is -2.36. The lowest BCUT2D eigenvalue weighted by atomic mass is 10.1. The molecule has 3 amide bonds. The Labute approximate surface area is 228 Å². The van der Waals surface area contributed by atoms with E-state index in [4.69, 9.17) is 32.7 Å². The van der Waals surface area contributed by atoms with Crippen LogP contribution < -0.4 is 14.8 Å². The lowest BCUT2D eigenvalue weighted by Gasteiger charge is -2.14. The van der Waals surface area contributed by atoms with Gasteiger partial charge >= 0.3 is 0 Å². The molecule has 10 heteroatoms. The van der Waals surface area contributed by atoms with Crippen LogP contribution in [0.25, 0.3) is 6.08 Å². The van der Waals surface area contributed by atoms with Crippen molar-refractivity contribution in [3.05, 3.63) is 92.8 Å². The number of hydrogen-bond acceptors (Lipinski definition) is 6. The molecule has 0 spiro atoms. The van der Waals surface area contributed by atoms with E-state index in [1.165, 1.54) is 0 Å². The van der Waals surface area contributed by atoms with Crippen LogP contribution in [-0.4, -0.2) is 35.1 Å². The number of para-hydroxylation sites is 1. The Morgan fingerprint density at radius 2 is 1.78 bits per heavy atom. The quantitative estimate of drug-likeness (QED) is 0.297. The van der Waals surface area contributed by atoms with Crippen LogP contribution in [0, 0.1) is 0 Å². The summed E-state index contributed by atoms with van der Waals surface area (Å²) in [4.78, 5) is 38.8. The summed E-state index contributed by atoms with van der Waals surface area (Å²) in [5.41, 5.74) is 1.99. The second-order valence-corrected chi connectivity index (χ2v) is 9.68. The van der Waals surface area contributed by atoms with Crippen LogP contribution in [-0.2, 0) is 16.2 Å². The summed E-state index contributed by atoms with van der Waals surface area (Å²) in [7, 11) is 0. The molecule has 1 fully saturated rings. The largest absolute Gasteiger partial charge is 0.490 e. The number of anilines is 1. The summed E-state index contributed by atoms with van der Waals surface area (Å²) in [6.45, 7) is 2.08. The molecule has 0 radical (unpaired) electrons. The zero-order valence-corrected chi connectivity index (χ0v) is 22.0. The van der Waals surface area contributed by atoms with Crippen LogP contribution in [0.1, 0.15) is 18.1 Å². The second-order valence-electron chi connectivity index (χ2n) is 7.85. The third-order valence-corrected chi connectivity index (χ3v) is 6.69. The number of amides is 3. The van der Waals surface area contributed by atoms with Crippen molar-refractivity contribution in [2.45, 2.75) is 13.5 Å². The Hall–Kier alpha value is -3.46. The minimum absolute atomic E-state index is 0.208. The SMILES string of the molecule is CCOc1cc(/C=C2\SC(=O)N(CC(=O)Nc3ccccc3)C2=O)ccc1OCc1ccc(Cl)cc1Cl. The van der Waals surface area contributed by atoms with Crippen LogP contribution in [0.2, 0.25) is 10.0 Å². The van der Waals surface area contributed by atoms with Crippen molar-refractivity contribution in [2.24, 2.45) is 0 Å². The molecule has 3 aromatic carbocycles. The van der Waals surface area contributed by atoms with E-state index < -0.39 is 17.1 Å². The third-order valence-electron chi connectivity index (χ3n) is 5.20. The molecule has 0 saturated carbocycles. The highest BCUT2D eigenvalue weighted by Gasteiger charge is 2.36. The van der Waals surface area contributed by atoms with Gasteiger partial charge in [-0.25, -0.2) is 0 Å². The monoisotopic (exact) mass is 556 g/mol. The normalized spacial score (nSPS) is 14.2. The number of nitrogens with one attached hydrogen (secondary N) is 1.